The Labute approximate surface area is 134 Å². The maximum atomic E-state index is 12.3. The molecule has 0 aromatic heterocycles. The van der Waals surface area contributed by atoms with E-state index in [-0.39, 0.29) is 11.3 Å². The topological polar surface area (TPSA) is 84.3 Å². The van der Waals surface area contributed by atoms with Gasteiger partial charge in [0.25, 0.3) is 5.91 Å². The smallest absolute Gasteiger partial charge is 0.305 e. The van der Waals surface area contributed by atoms with Crippen molar-refractivity contribution in [1.82, 2.24) is 0 Å². The fourth-order valence-corrected chi connectivity index (χ4v) is 2.43. The number of hydrogen-bond acceptors (Lipinski definition) is 4. The van der Waals surface area contributed by atoms with Crippen molar-refractivity contribution in [2.24, 2.45) is 0 Å². The number of nitrogens with one attached hydrogen (secondary N) is 2. The number of para-hydroxylation sites is 1. The summed E-state index contributed by atoms with van der Waals surface area (Å²) in [6.45, 7) is 0. The van der Waals surface area contributed by atoms with Gasteiger partial charge in [-0.05, 0) is 52.9 Å². The maximum Gasteiger partial charge on any atom is 0.305 e. The van der Waals surface area contributed by atoms with Gasteiger partial charge in [-0.1, -0.05) is 12.1 Å². The van der Waals surface area contributed by atoms with Crippen molar-refractivity contribution in [2.75, 3.05) is 17.7 Å². The molecule has 0 aliphatic rings. The number of hydrogen-bond donors (Lipinski definition) is 2. The molecule has 0 radical (unpaired) electrons. The highest BCUT2D eigenvalue weighted by Crippen LogP contribution is 2.29. The van der Waals surface area contributed by atoms with Crippen LogP contribution in [0.4, 0.5) is 17.1 Å². The lowest BCUT2D eigenvalue weighted by atomic mass is 10.1. The molecule has 0 fully saturated rings. The molecule has 0 atom stereocenters. The SMILES string of the molecule is CNc1cccc(C(=O)Nc2cccc(I)c2)c1[N+](=O)[O-]. The third-order valence-corrected chi connectivity index (χ3v) is 3.49. The standard InChI is InChI=1S/C14H12IN3O3/c1-16-12-7-3-6-11(13(12)18(20)21)14(19)17-10-5-2-4-9(15)8-10/h2-8,16H,1H3,(H,17,19). The van der Waals surface area contributed by atoms with Crippen LogP contribution in [-0.4, -0.2) is 17.9 Å². The highest BCUT2D eigenvalue weighted by Gasteiger charge is 2.23. The molecule has 0 aliphatic carbocycles. The first-order chi connectivity index (χ1) is 10.0. The molecule has 0 bridgehead atoms. The van der Waals surface area contributed by atoms with Gasteiger partial charge < -0.3 is 10.6 Å². The van der Waals surface area contributed by atoms with Crippen molar-refractivity contribution in [3.8, 4) is 0 Å². The second-order valence-corrected chi connectivity index (χ2v) is 5.42. The zero-order valence-electron chi connectivity index (χ0n) is 11.1. The van der Waals surface area contributed by atoms with Gasteiger partial charge in [-0.2, -0.15) is 0 Å². The summed E-state index contributed by atoms with van der Waals surface area (Å²) in [5.74, 6) is -0.513. The van der Waals surface area contributed by atoms with Gasteiger partial charge in [-0.3, -0.25) is 14.9 Å². The second-order valence-electron chi connectivity index (χ2n) is 4.17. The van der Waals surface area contributed by atoms with E-state index in [1.54, 1.807) is 37.4 Å². The van der Waals surface area contributed by atoms with Crippen molar-refractivity contribution in [2.45, 2.75) is 0 Å². The molecule has 0 heterocycles. The van der Waals surface area contributed by atoms with Crippen LogP contribution < -0.4 is 10.6 Å². The number of rotatable bonds is 4. The molecular formula is C14H12IN3O3. The fourth-order valence-electron chi connectivity index (χ4n) is 1.89. The van der Waals surface area contributed by atoms with Gasteiger partial charge in [0.2, 0.25) is 0 Å². The van der Waals surface area contributed by atoms with Crippen LogP contribution in [0, 0.1) is 13.7 Å². The number of amides is 1. The molecule has 0 spiro atoms. The van der Waals surface area contributed by atoms with Crippen molar-refractivity contribution >= 4 is 45.6 Å². The summed E-state index contributed by atoms with van der Waals surface area (Å²) >= 11 is 2.13. The summed E-state index contributed by atoms with van der Waals surface area (Å²) in [5, 5.41) is 16.6. The normalized spacial score (nSPS) is 10.0. The Morgan fingerprint density at radius 3 is 2.57 bits per heavy atom. The van der Waals surface area contributed by atoms with Gasteiger partial charge in [0.1, 0.15) is 11.3 Å². The minimum Gasteiger partial charge on any atom is -0.383 e. The Morgan fingerprint density at radius 2 is 1.95 bits per heavy atom. The average molecular weight is 397 g/mol. The molecule has 0 unspecified atom stereocenters. The van der Waals surface area contributed by atoms with Crippen LogP contribution in [0.15, 0.2) is 42.5 Å². The quantitative estimate of drug-likeness (QED) is 0.470. The summed E-state index contributed by atoms with van der Waals surface area (Å²) in [6, 6.07) is 11.8. The van der Waals surface area contributed by atoms with Crippen LogP contribution in [-0.2, 0) is 0 Å². The average Bonchev–Trinajstić information content (AvgIpc) is 2.46. The predicted molar refractivity (Wildman–Crippen MR) is 89.8 cm³/mol. The van der Waals surface area contributed by atoms with Crippen LogP contribution in [0.25, 0.3) is 0 Å². The number of nitro groups is 1. The van der Waals surface area contributed by atoms with Crippen LogP contribution in [0.3, 0.4) is 0 Å². The molecule has 0 saturated heterocycles. The lowest BCUT2D eigenvalue weighted by Gasteiger charge is -2.08. The van der Waals surface area contributed by atoms with Gasteiger partial charge in [0.05, 0.1) is 4.92 Å². The molecule has 108 valence electrons. The van der Waals surface area contributed by atoms with Gasteiger partial charge in [0.15, 0.2) is 0 Å². The molecule has 2 rings (SSSR count). The third kappa shape index (κ3) is 3.48. The van der Waals surface area contributed by atoms with Crippen molar-refractivity contribution in [1.29, 1.82) is 0 Å². The van der Waals surface area contributed by atoms with Crippen molar-refractivity contribution in [3.63, 3.8) is 0 Å². The predicted octanol–water partition coefficient (Wildman–Crippen LogP) is 3.49. The lowest BCUT2D eigenvalue weighted by Crippen LogP contribution is -2.14. The first-order valence-electron chi connectivity index (χ1n) is 6.05. The van der Waals surface area contributed by atoms with E-state index < -0.39 is 10.8 Å². The van der Waals surface area contributed by atoms with E-state index in [0.29, 0.717) is 11.4 Å². The Morgan fingerprint density at radius 1 is 1.24 bits per heavy atom. The number of carbonyl (C=O) groups is 1. The van der Waals surface area contributed by atoms with Gasteiger partial charge in [-0.25, -0.2) is 0 Å². The van der Waals surface area contributed by atoms with E-state index >= 15 is 0 Å². The zero-order chi connectivity index (χ0) is 15.4. The van der Waals surface area contributed by atoms with Gasteiger partial charge in [-0.15, -0.1) is 0 Å². The summed E-state index contributed by atoms with van der Waals surface area (Å²) in [7, 11) is 1.57. The first kappa shape index (κ1) is 15.2. The molecule has 2 aromatic carbocycles. The van der Waals surface area contributed by atoms with E-state index in [1.165, 1.54) is 6.07 Å². The number of anilines is 2. The Bertz CT molecular complexity index is 704. The maximum absolute atomic E-state index is 12.3. The summed E-state index contributed by atoms with van der Waals surface area (Å²) in [6.07, 6.45) is 0. The zero-order valence-corrected chi connectivity index (χ0v) is 13.2. The monoisotopic (exact) mass is 397 g/mol. The van der Waals surface area contributed by atoms with Gasteiger partial charge >= 0.3 is 5.69 Å². The van der Waals surface area contributed by atoms with Crippen molar-refractivity contribution in [3.05, 3.63) is 61.7 Å². The molecular weight excluding hydrogens is 385 g/mol. The Balaban J connectivity index is 2.37. The van der Waals surface area contributed by atoms with Gasteiger partial charge in [0, 0.05) is 16.3 Å². The molecule has 0 aliphatic heterocycles. The minimum atomic E-state index is -0.560. The molecule has 2 aromatic rings. The molecule has 1 amide bonds. The second kappa shape index (κ2) is 6.53. The fraction of sp³-hybridized carbons (Fsp3) is 0.0714. The van der Waals surface area contributed by atoms with Crippen LogP contribution in [0.2, 0.25) is 0 Å². The number of nitro benzene ring substituents is 1. The number of nitrogens with zero attached hydrogens (tertiary/aromatic N) is 1. The first-order valence-corrected chi connectivity index (χ1v) is 7.13. The molecule has 2 N–H and O–H groups in total. The minimum absolute atomic E-state index is 0.0192. The van der Waals surface area contributed by atoms with E-state index in [1.807, 2.05) is 6.07 Å². The van der Waals surface area contributed by atoms with Crippen LogP contribution >= 0.6 is 22.6 Å². The summed E-state index contributed by atoms with van der Waals surface area (Å²) in [4.78, 5) is 22.9. The molecule has 21 heavy (non-hydrogen) atoms. The molecule has 0 saturated carbocycles. The highest BCUT2D eigenvalue weighted by molar-refractivity contribution is 14.1. The molecule has 7 heteroatoms. The van der Waals surface area contributed by atoms with Crippen LogP contribution in [0.1, 0.15) is 10.4 Å². The Hall–Kier alpha value is -2.16. The molecule has 6 nitrogen and oxygen atoms in total. The summed E-state index contributed by atoms with van der Waals surface area (Å²) in [5.41, 5.74) is 0.681. The number of halogens is 1. The van der Waals surface area contributed by atoms with E-state index in [2.05, 4.69) is 33.2 Å². The van der Waals surface area contributed by atoms with E-state index in [9.17, 15) is 14.9 Å². The summed E-state index contributed by atoms with van der Waals surface area (Å²) < 4.78 is 0.962. The van der Waals surface area contributed by atoms with Crippen LogP contribution in [0.5, 0.6) is 0 Å². The lowest BCUT2D eigenvalue weighted by molar-refractivity contribution is -0.384. The Kier molecular flexibility index (Phi) is 4.73. The van der Waals surface area contributed by atoms with E-state index in [0.717, 1.165) is 3.57 Å². The highest BCUT2D eigenvalue weighted by atomic mass is 127. The van der Waals surface area contributed by atoms with E-state index in [4.69, 9.17) is 0 Å². The number of benzene rings is 2. The largest absolute Gasteiger partial charge is 0.383 e. The third-order valence-electron chi connectivity index (χ3n) is 2.82. The van der Waals surface area contributed by atoms with Crippen molar-refractivity contribution < 1.29 is 9.72 Å². The number of carbonyl (C=O) groups excluding carboxylic acids is 1.